The van der Waals surface area contributed by atoms with E-state index in [1.54, 1.807) is 12.1 Å². The Labute approximate surface area is 128 Å². The average Bonchev–Trinajstić information content (AvgIpc) is 2.47. The number of nitrogens with one attached hydrogen (secondary N) is 2. The summed E-state index contributed by atoms with van der Waals surface area (Å²) in [5.74, 6) is -0.234. The molecule has 2 aromatic rings. The van der Waals surface area contributed by atoms with Crippen molar-refractivity contribution in [1.82, 2.24) is 5.32 Å². The number of amides is 1. The Hall–Kier alpha value is -2.05. The Morgan fingerprint density at radius 2 is 1.57 bits per heavy atom. The second-order valence-electron chi connectivity index (χ2n) is 4.22. The molecule has 0 saturated heterocycles. The topological polar surface area (TPSA) is 75.3 Å². The molecule has 1 amide bonds. The van der Waals surface area contributed by atoms with Gasteiger partial charge in [-0.2, -0.15) is 0 Å². The predicted molar refractivity (Wildman–Crippen MR) is 82.1 cm³/mol. The average molecular weight is 325 g/mol. The summed E-state index contributed by atoms with van der Waals surface area (Å²) in [6.07, 6.45) is 0. The van der Waals surface area contributed by atoms with Gasteiger partial charge in [-0.3, -0.25) is 9.52 Å². The van der Waals surface area contributed by atoms with Gasteiger partial charge >= 0.3 is 0 Å². The Morgan fingerprint density at radius 1 is 1.00 bits per heavy atom. The molecule has 2 rings (SSSR count). The second-order valence-corrected chi connectivity index (χ2v) is 6.33. The molecule has 2 aromatic carbocycles. The lowest BCUT2D eigenvalue weighted by Crippen LogP contribution is -2.18. The van der Waals surface area contributed by atoms with Crippen LogP contribution >= 0.6 is 11.6 Å². The molecule has 110 valence electrons. The monoisotopic (exact) mass is 324 g/mol. The standard InChI is InChI=1S/C14H13ClN2O3S/c1-16-14(18)10-2-6-12(7-3-10)17-21(19,20)13-8-4-11(15)5-9-13/h2-9,17H,1H3,(H,16,18). The van der Waals surface area contributed by atoms with Crippen LogP contribution in [0.15, 0.2) is 53.4 Å². The zero-order valence-electron chi connectivity index (χ0n) is 11.1. The first-order chi connectivity index (χ1) is 9.92. The van der Waals surface area contributed by atoms with E-state index >= 15 is 0 Å². The minimum atomic E-state index is -3.68. The number of carbonyl (C=O) groups excluding carboxylic acids is 1. The van der Waals surface area contributed by atoms with Gasteiger partial charge in [-0.1, -0.05) is 11.6 Å². The van der Waals surface area contributed by atoms with Crippen molar-refractivity contribution in [3.8, 4) is 0 Å². The normalized spacial score (nSPS) is 11.0. The molecule has 7 heteroatoms. The van der Waals surface area contributed by atoms with Crippen LogP contribution in [0.25, 0.3) is 0 Å². The van der Waals surface area contributed by atoms with Crippen molar-refractivity contribution < 1.29 is 13.2 Å². The summed E-state index contributed by atoms with van der Waals surface area (Å²) in [5, 5.41) is 2.95. The van der Waals surface area contributed by atoms with E-state index in [4.69, 9.17) is 11.6 Å². The van der Waals surface area contributed by atoms with Gasteiger partial charge in [-0.25, -0.2) is 8.42 Å². The Balaban J connectivity index is 2.20. The van der Waals surface area contributed by atoms with E-state index in [1.165, 1.54) is 43.4 Å². The molecule has 0 radical (unpaired) electrons. The molecule has 0 heterocycles. The van der Waals surface area contributed by atoms with Crippen LogP contribution in [0, 0.1) is 0 Å². The maximum Gasteiger partial charge on any atom is 0.261 e. The van der Waals surface area contributed by atoms with Gasteiger partial charge in [0.2, 0.25) is 0 Å². The number of halogens is 1. The van der Waals surface area contributed by atoms with Gasteiger partial charge in [0.05, 0.1) is 4.90 Å². The second kappa shape index (κ2) is 6.15. The van der Waals surface area contributed by atoms with Gasteiger partial charge < -0.3 is 5.32 Å². The van der Waals surface area contributed by atoms with E-state index in [0.717, 1.165) is 0 Å². The smallest absolute Gasteiger partial charge is 0.261 e. The van der Waals surface area contributed by atoms with Crippen LogP contribution in [0.1, 0.15) is 10.4 Å². The summed E-state index contributed by atoms with van der Waals surface area (Å²) in [6, 6.07) is 12.0. The highest BCUT2D eigenvalue weighted by Crippen LogP contribution is 2.18. The molecule has 0 saturated carbocycles. The lowest BCUT2D eigenvalue weighted by molar-refractivity contribution is 0.0963. The maximum atomic E-state index is 12.2. The third-order valence-electron chi connectivity index (χ3n) is 2.75. The van der Waals surface area contributed by atoms with E-state index in [1.807, 2.05) is 0 Å². The Morgan fingerprint density at radius 3 is 2.10 bits per heavy atom. The third kappa shape index (κ3) is 3.74. The lowest BCUT2D eigenvalue weighted by Gasteiger charge is -2.08. The van der Waals surface area contributed by atoms with E-state index in [-0.39, 0.29) is 10.8 Å². The van der Waals surface area contributed by atoms with Crippen molar-refractivity contribution in [2.45, 2.75) is 4.90 Å². The van der Waals surface area contributed by atoms with E-state index in [0.29, 0.717) is 16.3 Å². The van der Waals surface area contributed by atoms with Crippen LogP contribution in [-0.2, 0) is 10.0 Å². The molecule has 0 atom stereocenters. The molecule has 0 aromatic heterocycles. The molecule has 21 heavy (non-hydrogen) atoms. The van der Waals surface area contributed by atoms with Crippen LogP contribution in [-0.4, -0.2) is 21.4 Å². The molecule has 0 spiro atoms. The number of sulfonamides is 1. The number of benzene rings is 2. The molecule has 0 aliphatic carbocycles. The molecular weight excluding hydrogens is 312 g/mol. The SMILES string of the molecule is CNC(=O)c1ccc(NS(=O)(=O)c2ccc(Cl)cc2)cc1. The van der Waals surface area contributed by atoms with Crippen LogP contribution in [0.5, 0.6) is 0 Å². The fourth-order valence-corrected chi connectivity index (χ4v) is 2.85. The van der Waals surface area contributed by atoms with Crippen molar-refractivity contribution in [3.63, 3.8) is 0 Å². The van der Waals surface area contributed by atoms with Crippen molar-refractivity contribution in [1.29, 1.82) is 0 Å². The molecule has 0 fully saturated rings. The maximum absolute atomic E-state index is 12.2. The largest absolute Gasteiger partial charge is 0.355 e. The minimum absolute atomic E-state index is 0.113. The van der Waals surface area contributed by atoms with Gasteiger partial charge in [0.15, 0.2) is 0 Å². The fourth-order valence-electron chi connectivity index (χ4n) is 1.66. The molecule has 0 bridgehead atoms. The third-order valence-corrected chi connectivity index (χ3v) is 4.40. The number of hydrogen-bond donors (Lipinski definition) is 2. The van der Waals surface area contributed by atoms with Gasteiger partial charge in [-0.15, -0.1) is 0 Å². The molecule has 0 aliphatic heterocycles. The highest BCUT2D eigenvalue weighted by atomic mass is 35.5. The van der Waals surface area contributed by atoms with Crippen molar-refractivity contribution in [2.75, 3.05) is 11.8 Å². The summed E-state index contributed by atoms with van der Waals surface area (Å²) in [6.45, 7) is 0. The zero-order chi connectivity index (χ0) is 15.5. The van der Waals surface area contributed by atoms with Crippen molar-refractivity contribution in [2.24, 2.45) is 0 Å². The summed E-state index contributed by atoms with van der Waals surface area (Å²) in [7, 11) is -2.15. The Bertz CT molecular complexity index is 741. The first kappa shape index (κ1) is 15.3. The molecule has 5 nitrogen and oxygen atoms in total. The first-order valence-corrected chi connectivity index (χ1v) is 7.89. The van der Waals surface area contributed by atoms with Gasteiger partial charge in [0.1, 0.15) is 0 Å². The highest BCUT2D eigenvalue weighted by Gasteiger charge is 2.14. The number of rotatable bonds is 4. The van der Waals surface area contributed by atoms with Crippen LogP contribution in [0.2, 0.25) is 5.02 Å². The van der Waals surface area contributed by atoms with E-state index < -0.39 is 10.0 Å². The number of anilines is 1. The molecular formula is C14H13ClN2O3S. The van der Waals surface area contributed by atoms with Crippen molar-refractivity contribution >= 4 is 33.2 Å². The van der Waals surface area contributed by atoms with Crippen LogP contribution in [0.3, 0.4) is 0 Å². The molecule has 2 N–H and O–H groups in total. The Kier molecular flexibility index (Phi) is 4.50. The zero-order valence-corrected chi connectivity index (χ0v) is 12.7. The quantitative estimate of drug-likeness (QED) is 0.907. The minimum Gasteiger partial charge on any atom is -0.355 e. The first-order valence-electron chi connectivity index (χ1n) is 6.03. The molecule has 0 aliphatic rings. The predicted octanol–water partition coefficient (Wildman–Crippen LogP) is 2.50. The van der Waals surface area contributed by atoms with Crippen LogP contribution < -0.4 is 10.0 Å². The number of hydrogen-bond acceptors (Lipinski definition) is 3. The van der Waals surface area contributed by atoms with Crippen LogP contribution in [0.4, 0.5) is 5.69 Å². The summed E-state index contributed by atoms with van der Waals surface area (Å²) >= 11 is 5.73. The lowest BCUT2D eigenvalue weighted by atomic mass is 10.2. The number of carbonyl (C=O) groups is 1. The van der Waals surface area contributed by atoms with Gasteiger partial charge in [0.25, 0.3) is 15.9 Å². The van der Waals surface area contributed by atoms with E-state index in [2.05, 4.69) is 10.0 Å². The van der Waals surface area contributed by atoms with Gasteiger partial charge in [0, 0.05) is 23.3 Å². The summed E-state index contributed by atoms with van der Waals surface area (Å²) in [4.78, 5) is 11.5. The summed E-state index contributed by atoms with van der Waals surface area (Å²) in [5.41, 5.74) is 0.824. The van der Waals surface area contributed by atoms with Gasteiger partial charge in [-0.05, 0) is 48.5 Å². The van der Waals surface area contributed by atoms with E-state index in [9.17, 15) is 13.2 Å². The summed E-state index contributed by atoms with van der Waals surface area (Å²) < 4.78 is 26.7. The molecule has 0 unspecified atom stereocenters. The highest BCUT2D eigenvalue weighted by molar-refractivity contribution is 7.92. The fraction of sp³-hybridized carbons (Fsp3) is 0.0714. The van der Waals surface area contributed by atoms with Crippen molar-refractivity contribution in [3.05, 3.63) is 59.1 Å².